The van der Waals surface area contributed by atoms with E-state index in [4.69, 9.17) is 5.73 Å². The van der Waals surface area contributed by atoms with Crippen molar-refractivity contribution in [1.82, 2.24) is 14.9 Å². The van der Waals surface area contributed by atoms with Crippen LogP contribution in [0.15, 0.2) is 6.20 Å². The lowest BCUT2D eigenvalue weighted by Gasteiger charge is -2.20. The molecule has 0 amide bonds. The molecule has 1 aromatic heterocycles. The fraction of sp³-hybridized carbons (Fsp3) is 0.667. The van der Waals surface area contributed by atoms with Gasteiger partial charge in [0.2, 0.25) is 11.8 Å². The fourth-order valence-electron chi connectivity index (χ4n) is 2.39. The normalized spacial score (nSPS) is 19.4. The van der Waals surface area contributed by atoms with Gasteiger partial charge in [0.15, 0.2) is 0 Å². The Morgan fingerprint density at radius 2 is 2.40 bits per heavy atom. The first-order valence-electron chi connectivity index (χ1n) is 6.72. The second-order valence-corrected chi connectivity index (χ2v) is 5.34. The van der Waals surface area contributed by atoms with Crippen molar-refractivity contribution in [3.8, 4) is 0 Å². The molecule has 3 N–H and O–H groups in total. The number of nitrogens with one attached hydrogen (secondary N) is 1. The maximum absolute atomic E-state index is 10.9. The van der Waals surface area contributed by atoms with Gasteiger partial charge in [0.25, 0.3) is 0 Å². The van der Waals surface area contributed by atoms with Crippen LogP contribution in [-0.2, 0) is 0 Å². The molecule has 8 nitrogen and oxygen atoms in total. The van der Waals surface area contributed by atoms with Gasteiger partial charge in [-0.25, -0.2) is 4.98 Å². The minimum absolute atomic E-state index is 0.0355. The van der Waals surface area contributed by atoms with Crippen molar-refractivity contribution in [2.24, 2.45) is 5.92 Å². The molecule has 1 atom stereocenters. The van der Waals surface area contributed by atoms with E-state index in [0.717, 1.165) is 25.7 Å². The zero-order valence-corrected chi connectivity index (χ0v) is 11.7. The summed E-state index contributed by atoms with van der Waals surface area (Å²) in [6, 6.07) is 0.532. The van der Waals surface area contributed by atoms with Gasteiger partial charge in [-0.3, -0.25) is 10.1 Å². The van der Waals surface area contributed by atoms with Gasteiger partial charge in [-0.15, -0.1) is 0 Å². The first-order valence-corrected chi connectivity index (χ1v) is 6.72. The van der Waals surface area contributed by atoms with Crippen LogP contribution in [0.25, 0.3) is 0 Å². The number of aromatic nitrogens is 2. The highest BCUT2D eigenvalue weighted by atomic mass is 16.6. The number of nitrogens with zero attached hydrogens (tertiary/aromatic N) is 4. The molecule has 1 aliphatic heterocycles. The minimum atomic E-state index is -0.503. The smallest absolute Gasteiger partial charge is 0.329 e. The summed E-state index contributed by atoms with van der Waals surface area (Å²) in [5, 5.41) is 13.9. The molecule has 0 aliphatic carbocycles. The van der Waals surface area contributed by atoms with Crippen molar-refractivity contribution in [1.29, 1.82) is 0 Å². The van der Waals surface area contributed by atoms with E-state index < -0.39 is 4.92 Å². The summed E-state index contributed by atoms with van der Waals surface area (Å²) in [7, 11) is 0. The Kier molecular flexibility index (Phi) is 4.33. The molecular weight excluding hydrogens is 260 g/mol. The summed E-state index contributed by atoms with van der Waals surface area (Å²) in [4.78, 5) is 20.4. The molecule has 1 aromatic rings. The maximum atomic E-state index is 10.9. The molecule has 2 rings (SSSR count). The highest BCUT2D eigenvalue weighted by Crippen LogP contribution is 2.23. The third-order valence-electron chi connectivity index (χ3n) is 3.59. The number of nitro groups is 1. The Bertz CT molecular complexity index is 493. The van der Waals surface area contributed by atoms with Gasteiger partial charge < -0.3 is 16.0 Å². The van der Waals surface area contributed by atoms with Gasteiger partial charge in [0.1, 0.15) is 6.20 Å². The van der Waals surface area contributed by atoms with E-state index in [1.807, 2.05) is 0 Å². The van der Waals surface area contributed by atoms with Crippen molar-refractivity contribution < 1.29 is 4.92 Å². The third-order valence-corrected chi connectivity index (χ3v) is 3.59. The molecule has 0 bridgehead atoms. The average molecular weight is 280 g/mol. The van der Waals surface area contributed by atoms with Crippen molar-refractivity contribution in [3.05, 3.63) is 16.3 Å². The lowest BCUT2D eigenvalue weighted by Crippen LogP contribution is -2.29. The number of likely N-dealkylation sites (tertiary alicyclic amines) is 1. The van der Waals surface area contributed by atoms with Crippen LogP contribution in [-0.4, -0.2) is 45.5 Å². The molecule has 0 radical (unpaired) electrons. The Labute approximate surface area is 117 Å². The predicted molar refractivity (Wildman–Crippen MR) is 76.4 cm³/mol. The van der Waals surface area contributed by atoms with E-state index >= 15 is 0 Å². The minimum Gasteiger partial charge on any atom is -0.368 e. The van der Waals surface area contributed by atoms with Gasteiger partial charge in [-0.05, 0) is 32.7 Å². The van der Waals surface area contributed by atoms with E-state index in [1.54, 1.807) is 0 Å². The van der Waals surface area contributed by atoms with E-state index in [0.29, 0.717) is 18.5 Å². The van der Waals surface area contributed by atoms with Gasteiger partial charge >= 0.3 is 5.69 Å². The fourth-order valence-corrected chi connectivity index (χ4v) is 2.39. The second kappa shape index (κ2) is 6.00. The van der Waals surface area contributed by atoms with Crippen molar-refractivity contribution in [2.45, 2.75) is 26.3 Å². The van der Waals surface area contributed by atoms with Gasteiger partial charge in [-0.1, -0.05) is 0 Å². The van der Waals surface area contributed by atoms with Gasteiger partial charge in [-0.2, -0.15) is 4.98 Å². The van der Waals surface area contributed by atoms with Crippen LogP contribution in [0.3, 0.4) is 0 Å². The number of anilines is 2. The zero-order chi connectivity index (χ0) is 14.7. The maximum Gasteiger partial charge on any atom is 0.329 e. The molecule has 1 unspecified atom stereocenters. The number of rotatable bonds is 5. The number of nitrogen functional groups attached to an aromatic ring is 1. The molecule has 2 heterocycles. The highest BCUT2D eigenvalue weighted by Gasteiger charge is 2.25. The summed E-state index contributed by atoms with van der Waals surface area (Å²) in [5.41, 5.74) is 5.34. The van der Waals surface area contributed by atoms with Crippen LogP contribution in [0.5, 0.6) is 0 Å². The number of hydrogen-bond acceptors (Lipinski definition) is 7. The summed E-state index contributed by atoms with van der Waals surface area (Å²) in [6.45, 7) is 7.06. The van der Waals surface area contributed by atoms with Crippen molar-refractivity contribution >= 4 is 17.5 Å². The molecule has 0 saturated carbocycles. The highest BCUT2D eigenvalue weighted by molar-refractivity contribution is 5.56. The van der Waals surface area contributed by atoms with Crippen molar-refractivity contribution in [2.75, 3.05) is 30.7 Å². The summed E-state index contributed by atoms with van der Waals surface area (Å²) in [6.07, 6.45) is 2.22. The topological polar surface area (TPSA) is 110 Å². The standard InChI is InChI=1S/C12H20N6O2/c1-8(2)17-4-3-9(7-17)5-14-11-10(18(19)20)6-15-12(13)16-11/h6,8-9H,3-5,7H2,1-2H3,(H3,13,14,15,16). The molecule has 0 aromatic carbocycles. The van der Waals surface area contributed by atoms with E-state index in [-0.39, 0.29) is 17.5 Å². The van der Waals surface area contributed by atoms with E-state index in [1.165, 1.54) is 0 Å². The summed E-state index contributed by atoms with van der Waals surface area (Å²) >= 11 is 0. The molecule has 1 aliphatic rings. The molecular formula is C12H20N6O2. The van der Waals surface area contributed by atoms with E-state index in [2.05, 4.69) is 34.0 Å². The molecule has 1 saturated heterocycles. The Morgan fingerprint density at radius 1 is 1.65 bits per heavy atom. The van der Waals surface area contributed by atoms with Crippen LogP contribution in [0.4, 0.5) is 17.5 Å². The lowest BCUT2D eigenvalue weighted by atomic mass is 10.1. The van der Waals surface area contributed by atoms with E-state index in [9.17, 15) is 10.1 Å². The molecule has 110 valence electrons. The molecule has 0 spiro atoms. The largest absolute Gasteiger partial charge is 0.368 e. The molecule has 20 heavy (non-hydrogen) atoms. The first kappa shape index (κ1) is 14.4. The molecule has 8 heteroatoms. The number of nitrogens with two attached hydrogens (primary N) is 1. The van der Waals surface area contributed by atoms with Crippen LogP contribution in [0, 0.1) is 16.0 Å². The van der Waals surface area contributed by atoms with Crippen LogP contribution >= 0.6 is 0 Å². The van der Waals surface area contributed by atoms with Gasteiger partial charge in [0, 0.05) is 19.1 Å². The van der Waals surface area contributed by atoms with Crippen LogP contribution in [0.1, 0.15) is 20.3 Å². The van der Waals surface area contributed by atoms with Crippen LogP contribution < -0.4 is 11.1 Å². The Balaban J connectivity index is 1.98. The average Bonchev–Trinajstić information content (AvgIpc) is 2.85. The second-order valence-electron chi connectivity index (χ2n) is 5.34. The van der Waals surface area contributed by atoms with Crippen molar-refractivity contribution in [3.63, 3.8) is 0 Å². The number of hydrogen-bond donors (Lipinski definition) is 2. The summed E-state index contributed by atoms with van der Waals surface area (Å²) < 4.78 is 0. The Morgan fingerprint density at radius 3 is 3.00 bits per heavy atom. The van der Waals surface area contributed by atoms with Gasteiger partial charge in [0.05, 0.1) is 4.92 Å². The predicted octanol–water partition coefficient (Wildman–Crippen LogP) is 1.11. The first-order chi connectivity index (χ1) is 9.47. The third kappa shape index (κ3) is 3.32. The zero-order valence-electron chi connectivity index (χ0n) is 11.7. The summed E-state index contributed by atoms with van der Waals surface area (Å²) in [5.74, 6) is 0.701. The van der Waals surface area contributed by atoms with Crippen LogP contribution in [0.2, 0.25) is 0 Å². The monoisotopic (exact) mass is 280 g/mol. The SMILES string of the molecule is CC(C)N1CCC(CNc2nc(N)ncc2[N+](=O)[O-])C1. The Hall–Kier alpha value is -1.96. The molecule has 1 fully saturated rings. The lowest BCUT2D eigenvalue weighted by molar-refractivity contribution is -0.384. The quantitative estimate of drug-likeness (QED) is 0.614.